The zero-order chi connectivity index (χ0) is 17.8. The van der Waals surface area contributed by atoms with Gasteiger partial charge in [0.15, 0.2) is 0 Å². The number of anilines is 1. The van der Waals surface area contributed by atoms with Crippen LogP contribution in [0, 0.1) is 5.82 Å². The average molecular weight is 356 g/mol. The maximum Gasteiger partial charge on any atom is 0.123 e. The highest BCUT2D eigenvalue weighted by atomic mass is 19.1. The second kappa shape index (κ2) is 8.21. The number of fused-ring (bicyclic) bond motifs is 1. The molecule has 1 saturated heterocycles. The van der Waals surface area contributed by atoms with Crippen LogP contribution in [0.1, 0.15) is 42.6 Å². The highest BCUT2D eigenvalue weighted by molar-refractivity contribution is 5.46. The Kier molecular flexibility index (Phi) is 5.54. The molecule has 1 aromatic heterocycles. The zero-order valence-corrected chi connectivity index (χ0v) is 15.5. The highest BCUT2D eigenvalue weighted by Gasteiger charge is 2.18. The summed E-state index contributed by atoms with van der Waals surface area (Å²) in [6.07, 6.45) is 8.59. The molecule has 0 amide bonds. The average Bonchev–Trinajstić information content (AvgIpc) is 2.89. The van der Waals surface area contributed by atoms with Gasteiger partial charge in [0.1, 0.15) is 5.82 Å². The van der Waals surface area contributed by atoms with Crippen LogP contribution >= 0.6 is 0 Å². The van der Waals surface area contributed by atoms with Gasteiger partial charge in [0.25, 0.3) is 0 Å². The van der Waals surface area contributed by atoms with Crippen LogP contribution in [-0.2, 0) is 19.3 Å². The standard InChI is InChI=1S/C21H29FN4/c22-17-8-10-18(11-9-17)26-15-13-25(14-16-26)12-4-7-21-19-5-2-1-3-6-20(19)23-24-21/h8-11H,1-7,12-16H2,(H,23,24). The van der Waals surface area contributed by atoms with Crippen molar-refractivity contribution in [3.05, 3.63) is 47.0 Å². The third kappa shape index (κ3) is 4.09. The SMILES string of the molecule is Fc1ccc(N2CCN(CCCc3[nH]nc4c3CCCCC4)CC2)cc1. The summed E-state index contributed by atoms with van der Waals surface area (Å²) in [5.41, 5.74) is 5.35. The normalized spacial score (nSPS) is 18.6. The van der Waals surface area contributed by atoms with Crippen LogP contribution in [0.15, 0.2) is 24.3 Å². The molecule has 1 aliphatic carbocycles. The molecule has 2 aliphatic rings. The van der Waals surface area contributed by atoms with E-state index in [1.165, 1.54) is 49.1 Å². The molecule has 1 aliphatic heterocycles. The summed E-state index contributed by atoms with van der Waals surface area (Å²) in [5, 5.41) is 7.87. The van der Waals surface area contributed by atoms with Gasteiger partial charge in [-0.1, -0.05) is 6.42 Å². The smallest absolute Gasteiger partial charge is 0.123 e. The Labute approximate surface area is 155 Å². The Morgan fingerprint density at radius 3 is 2.54 bits per heavy atom. The number of nitrogens with zero attached hydrogens (tertiary/aromatic N) is 3. The van der Waals surface area contributed by atoms with Gasteiger partial charge in [-0.2, -0.15) is 5.10 Å². The maximum absolute atomic E-state index is 13.1. The quantitative estimate of drug-likeness (QED) is 0.832. The van der Waals surface area contributed by atoms with E-state index in [9.17, 15) is 4.39 Å². The van der Waals surface area contributed by atoms with Crippen molar-refractivity contribution in [1.82, 2.24) is 15.1 Å². The molecule has 4 nitrogen and oxygen atoms in total. The van der Waals surface area contributed by atoms with E-state index in [4.69, 9.17) is 0 Å². The fraction of sp³-hybridized carbons (Fsp3) is 0.571. The molecule has 1 N–H and O–H groups in total. The van der Waals surface area contributed by atoms with Crippen LogP contribution in [0.2, 0.25) is 0 Å². The molecule has 1 fully saturated rings. The van der Waals surface area contributed by atoms with Crippen LogP contribution in [0.3, 0.4) is 0 Å². The fourth-order valence-electron chi connectivity index (χ4n) is 4.28. The molecule has 26 heavy (non-hydrogen) atoms. The number of nitrogens with one attached hydrogen (secondary N) is 1. The lowest BCUT2D eigenvalue weighted by atomic mass is 10.0. The minimum Gasteiger partial charge on any atom is -0.369 e. The van der Waals surface area contributed by atoms with Crippen LogP contribution in [0.25, 0.3) is 0 Å². The Morgan fingerprint density at radius 2 is 1.73 bits per heavy atom. The van der Waals surface area contributed by atoms with Gasteiger partial charge in [0, 0.05) is 37.6 Å². The lowest BCUT2D eigenvalue weighted by Crippen LogP contribution is -2.46. The largest absolute Gasteiger partial charge is 0.369 e. The Bertz CT molecular complexity index is 701. The van der Waals surface area contributed by atoms with Crippen LogP contribution in [0.4, 0.5) is 10.1 Å². The number of aromatic amines is 1. The van der Waals surface area contributed by atoms with Gasteiger partial charge in [-0.15, -0.1) is 0 Å². The van der Waals surface area contributed by atoms with Crippen molar-refractivity contribution in [2.45, 2.75) is 44.9 Å². The van der Waals surface area contributed by atoms with Crippen molar-refractivity contribution in [2.75, 3.05) is 37.6 Å². The summed E-state index contributed by atoms with van der Waals surface area (Å²) in [7, 11) is 0. The maximum atomic E-state index is 13.1. The predicted molar refractivity (Wildman–Crippen MR) is 103 cm³/mol. The van der Waals surface area contributed by atoms with Gasteiger partial charge in [0.05, 0.1) is 5.69 Å². The lowest BCUT2D eigenvalue weighted by Gasteiger charge is -2.36. The number of benzene rings is 1. The van der Waals surface area contributed by atoms with Crippen molar-refractivity contribution < 1.29 is 4.39 Å². The van der Waals surface area contributed by atoms with E-state index in [0.29, 0.717) is 0 Å². The molecule has 2 heterocycles. The number of hydrogen-bond acceptors (Lipinski definition) is 3. The summed E-state index contributed by atoms with van der Waals surface area (Å²) in [6.45, 7) is 5.35. The Balaban J connectivity index is 1.23. The van der Waals surface area contributed by atoms with Gasteiger partial charge in [-0.05, 0) is 74.9 Å². The molecule has 1 aromatic carbocycles. The zero-order valence-electron chi connectivity index (χ0n) is 15.5. The van der Waals surface area contributed by atoms with Crippen molar-refractivity contribution >= 4 is 5.69 Å². The number of aryl methyl sites for hydroxylation is 2. The molecule has 0 saturated carbocycles. The van der Waals surface area contributed by atoms with Crippen molar-refractivity contribution in [2.24, 2.45) is 0 Å². The molecule has 0 atom stereocenters. The second-order valence-corrected chi connectivity index (χ2v) is 7.60. The Morgan fingerprint density at radius 1 is 0.962 bits per heavy atom. The van der Waals surface area contributed by atoms with E-state index < -0.39 is 0 Å². The number of halogens is 1. The first-order chi connectivity index (χ1) is 12.8. The summed E-state index contributed by atoms with van der Waals surface area (Å²) in [5.74, 6) is -0.163. The number of rotatable bonds is 5. The van der Waals surface area contributed by atoms with Gasteiger partial charge >= 0.3 is 0 Å². The third-order valence-corrected chi connectivity index (χ3v) is 5.84. The first kappa shape index (κ1) is 17.5. The van der Waals surface area contributed by atoms with Gasteiger partial charge < -0.3 is 4.90 Å². The number of piperazine rings is 1. The molecule has 0 spiro atoms. The molecule has 0 unspecified atom stereocenters. The van der Waals surface area contributed by atoms with Gasteiger partial charge in [0.2, 0.25) is 0 Å². The third-order valence-electron chi connectivity index (χ3n) is 5.84. The van der Waals surface area contributed by atoms with Gasteiger partial charge in [-0.25, -0.2) is 4.39 Å². The topological polar surface area (TPSA) is 35.2 Å². The number of H-pyrrole nitrogens is 1. The predicted octanol–water partition coefficient (Wildman–Crippen LogP) is 3.57. The minimum absolute atomic E-state index is 0.163. The molecule has 4 rings (SSSR count). The fourth-order valence-corrected chi connectivity index (χ4v) is 4.28. The molecular formula is C21H29FN4. The van der Waals surface area contributed by atoms with E-state index in [1.807, 2.05) is 12.1 Å². The van der Waals surface area contributed by atoms with E-state index in [1.54, 1.807) is 12.1 Å². The number of aromatic nitrogens is 2. The highest BCUT2D eigenvalue weighted by Crippen LogP contribution is 2.23. The summed E-state index contributed by atoms with van der Waals surface area (Å²) in [4.78, 5) is 4.90. The lowest BCUT2D eigenvalue weighted by molar-refractivity contribution is 0.255. The monoisotopic (exact) mass is 356 g/mol. The first-order valence-corrected chi connectivity index (χ1v) is 10.1. The molecule has 0 bridgehead atoms. The van der Waals surface area contributed by atoms with Crippen molar-refractivity contribution in [3.63, 3.8) is 0 Å². The molecule has 140 valence electrons. The van der Waals surface area contributed by atoms with Crippen molar-refractivity contribution in [3.8, 4) is 0 Å². The van der Waals surface area contributed by atoms with Crippen LogP contribution in [0.5, 0.6) is 0 Å². The molecule has 0 radical (unpaired) electrons. The minimum atomic E-state index is -0.163. The summed E-state index contributed by atoms with van der Waals surface area (Å²) in [6, 6.07) is 6.87. The van der Waals surface area contributed by atoms with E-state index >= 15 is 0 Å². The molecular weight excluding hydrogens is 327 g/mol. The van der Waals surface area contributed by atoms with Gasteiger partial charge in [-0.3, -0.25) is 10.00 Å². The van der Waals surface area contributed by atoms with Crippen LogP contribution in [-0.4, -0.2) is 47.8 Å². The number of hydrogen-bond donors (Lipinski definition) is 1. The molecule has 2 aromatic rings. The summed E-state index contributed by atoms with van der Waals surface area (Å²) < 4.78 is 13.1. The van der Waals surface area contributed by atoms with E-state index in [2.05, 4.69) is 20.0 Å². The van der Waals surface area contributed by atoms with E-state index in [-0.39, 0.29) is 5.82 Å². The first-order valence-electron chi connectivity index (χ1n) is 10.1. The summed E-state index contributed by atoms with van der Waals surface area (Å²) >= 11 is 0. The van der Waals surface area contributed by atoms with E-state index in [0.717, 1.165) is 51.3 Å². The van der Waals surface area contributed by atoms with Crippen LogP contribution < -0.4 is 4.90 Å². The van der Waals surface area contributed by atoms with Crippen molar-refractivity contribution in [1.29, 1.82) is 0 Å². The second-order valence-electron chi connectivity index (χ2n) is 7.60. The molecule has 5 heteroatoms. The Hall–Kier alpha value is -1.88.